The van der Waals surface area contributed by atoms with Gasteiger partial charge in [-0.15, -0.1) is 11.8 Å². The van der Waals surface area contributed by atoms with E-state index in [4.69, 9.17) is 0 Å². The molecular weight excluding hydrogens is 316 g/mol. The van der Waals surface area contributed by atoms with E-state index in [0.29, 0.717) is 36.3 Å². The summed E-state index contributed by atoms with van der Waals surface area (Å²) in [7, 11) is 0. The van der Waals surface area contributed by atoms with Crippen LogP contribution in [0.3, 0.4) is 0 Å². The van der Waals surface area contributed by atoms with E-state index in [0.717, 1.165) is 0 Å². The Morgan fingerprint density at radius 3 is 2.57 bits per heavy atom. The van der Waals surface area contributed by atoms with Crippen LogP contribution in [0.25, 0.3) is 0 Å². The number of thioether (sulfide) groups is 1. The number of carboxylic acids is 1. The zero-order valence-electron chi connectivity index (χ0n) is 13.5. The molecule has 0 aliphatic carbocycles. The molecule has 3 rings (SSSR count). The number of β-lactam (4-membered cyclic amide) rings is 1. The van der Waals surface area contributed by atoms with Crippen LogP contribution >= 0.6 is 11.8 Å². The van der Waals surface area contributed by atoms with Crippen molar-refractivity contribution in [3.8, 4) is 0 Å². The first-order valence-corrected chi connectivity index (χ1v) is 8.67. The van der Waals surface area contributed by atoms with Gasteiger partial charge in [0.1, 0.15) is 5.70 Å². The van der Waals surface area contributed by atoms with E-state index in [2.05, 4.69) is 0 Å². The van der Waals surface area contributed by atoms with Gasteiger partial charge in [0.2, 0.25) is 11.8 Å². The molecule has 0 aromatic rings. The molecule has 2 amide bonds. The van der Waals surface area contributed by atoms with E-state index in [1.807, 2.05) is 20.8 Å². The van der Waals surface area contributed by atoms with Gasteiger partial charge in [0.25, 0.3) is 0 Å². The van der Waals surface area contributed by atoms with Crippen LogP contribution in [-0.4, -0.2) is 55.9 Å². The minimum Gasteiger partial charge on any atom is -0.477 e. The summed E-state index contributed by atoms with van der Waals surface area (Å²) in [5, 5.41) is 9.42. The number of carbonyl (C=O) groups excluding carboxylic acids is 2. The third-order valence-corrected chi connectivity index (χ3v) is 5.61. The standard InChI is InChI=1S/C16H20N2O4S/c1-16(2,3)17-5-4-9(14(17)20)6-10-8-23-12-7-11(19)18(12)13(10)15(21)22/h6,12H,4-5,7-8H2,1-3H3,(H,21,22). The van der Waals surface area contributed by atoms with E-state index in [9.17, 15) is 19.5 Å². The van der Waals surface area contributed by atoms with E-state index in [-0.39, 0.29) is 28.4 Å². The first-order chi connectivity index (χ1) is 10.7. The summed E-state index contributed by atoms with van der Waals surface area (Å²) >= 11 is 1.55. The molecule has 6 nitrogen and oxygen atoms in total. The largest absolute Gasteiger partial charge is 0.477 e. The van der Waals surface area contributed by atoms with Crippen LogP contribution in [0.2, 0.25) is 0 Å². The van der Waals surface area contributed by atoms with Crippen LogP contribution < -0.4 is 0 Å². The Morgan fingerprint density at radius 2 is 2.04 bits per heavy atom. The van der Waals surface area contributed by atoms with Crippen molar-refractivity contribution < 1.29 is 19.5 Å². The van der Waals surface area contributed by atoms with Crippen molar-refractivity contribution in [2.45, 2.75) is 44.5 Å². The fraction of sp³-hybridized carbons (Fsp3) is 0.562. The monoisotopic (exact) mass is 336 g/mol. The molecule has 1 atom stereocenters. The maximum Gasteiger partial charge on any atom is 0.352 e. The maximum absolute atomic E-state index is 12.5. The second kappa shape index (κ2) is 5.40. The smallest absolute Gasteiger partial charge is 0.352 e. The molecule has 0 saturated carbocycles. The molecule has 0 radical (unpaired) electrons. The molecule has 0 aromatic carbocycles. The lowest BCUT2D eigenvalue weighted by Crippen LogP contribution is -2.53. The van der Waals surface area contributed by atoms with Crippen LogP contribution in [0.5, 0.6) is 0 Å². The SMILES string of the molecule is CC(C)(C)N1CCC(=CC2=C(C(=O)O)N3C(=O)CC3SC2)C1=O. The van der Waals surface area contributed by atoms with Gasteiger partial charge >= 0.3 is 5.97 Å². The lowest BCUT2D eigenvalue weighted by Gasteiger charge is -2.43. The Bertz CT molecular complexity index is 659. The number of carbonyl (C=O) groups is 3. The molecule has 2 fully saturated rings. The third kappa shape index (κ3) is 2.67. The Balaban J connectivity index is 1.94. The second-order valence-electron chi connectivity index (χ2n) is 6.96. The highest BCUT2D eigenvalue weighted by Gasteiger charge is 2.45. The molecule has 0 bridgehead atoms. The first kappa shape index (κ1) is 16.1. The van der Waals surface area contributed by atoms with Crippen molar-refractivity contribution >= 4 is 29.5 Å². The summed E-state index contributed by atoms with van der Waals surface area (Å²) in [5.74, 6) is -0.794. The maximum atomic E-state index is 12.5. The highest BCUT2D eigenvalue weighted by Crippen LogP contribution is 2.41. The van der Waals surface area contributed by atoms with Gasteiger partial charge in [-0.1, -0.05) is 0 Å². The van der Waals surface area contributed by atoms with E-state index < -0.39 is 5.97 Å². The van der Waals surface area contributed by atoms with Crippen LogP contribution in [0.15, 0.2) is 22.9 Å². The Hall–Kier alpha value is -1.76. The number of nitrogens with zero attached hydrogens (tertiary/aromatic N) is 2. The van der Waals surface area contributed by atoms with Crippen LogP contribution in [0.1, 0.15) is 33.6 Å². The molecule has 0 spiro atoms. The Morgan fingerprint density at radius 1 is 1.35 bits per heavy atom. The van der Waals surface area contributed by atoms with E-state index >= 15 is 0 Å². The number of fused-ring (bicyclic) bond motifs is 1. The van der Waals surface area contributed by atoms with Crippen molar-refractivity contribution in [1.82, 2.24) is 9.80 Å². The zero-order valence-corrected chi connectivity index (χ0v) is 14.3. The fourth-order valence-electron chi connectivity index (χ4n) is 3.15. The number of allylic oxidation sites excluding steroid dienone is 1. The molecule has 7 heteroatoms. The molecule has 0 aromatic heterocycles. The highest BCUT2D eigenvalue weighted by molar-refractivity contribution is 8.00. The first-order valence-electron chi connectivity index (χ1n) is 7.63. The molecule has 3 heterocycles. The number of likely N-dealkylation sites (tertiary alicyclic amines) is 1. The van der Waals surface area contributed by atoms with Gasteiger partial charge < -0.3 is 10.0 Å². The number of hydrogen-bond acceptors (Lipinski definition) is 4. The normalized spacial score (nSPS) is 26.7. The van der Waals surface area contributed by atoms with Gasteiger partial charge in [0.15, 0.2) is 0 Å². The minimum atomic E-state index is -1.10. The third-order valence-electron chi connectivity index (χ3n) is 4.37. The number of aliphatic carboxylic acids is 1. The van der Waals surface area contributed by atoms with Crippen molar-refractivity contribution in [3.05, 3.63) is 22.9 Å². The highest BCUT2D eigenvalue weighted by atomic mass is 32.2. The summed E-state index contributed by atoms with van der Waals surface area (Å²) in [4.78, 5) is 39.0. The van der Waals surface area contributed by atoms with Crippen molar-refractivity contribution in [3.63, 3.8) is 0 Å². The van der Waals surface area contributed by atoms with Gasteiger partial charge in [-0.2, -0.15) is 0 Å². The topological polar surface area (TPSA) is 77.9 Å². The summed E-state index contributed by atoms with van der Waals surface area (Å²) in [6.45, 7) is 6.59. The number of hydrogen-bond donors (Lipinski definition) is 1. The van der Waals surface area contributed by atoms with Gasteiger partial charge in [0.05, 0.1) is 11.8 Å². The van der Waals surface area contributed by atoms with Crippen LogP contribution in [-0.2, 0) is 14.4 Å². The van der Waals surface area contributed by atoms with Crippen molar-refractivity contribution in [2.24, 2.45) is 0 Å². The molecule has 3 aliphatic heterocycles. The Kier molecular flexibility index (Phi) is 3.78. The summed E-state index contributed by atoms with van der Waals surface area (Å²) < 4.78 is 0. The van der Waals surface area contributed by atoms with Gasteiger partial charge in [0, 0.05) is 23.4 Å². The predicted molar refractivity (Wildman–Crippen MR) is 86.5 cm³/mol. The molecule has 124 valence electrons. The Labute approximate surface area is 139 Å². The average molecular weight is 336 g/mol. The van der Waals surface area contributed by atoms with Gasteiger partial charge in [-0.3, -0.25) is 14.5 Å². The number of carboxylic acid groups (broad SMARTS) is 1. The van der Waals surface area contributed by atoms with Crippen LogP contribution in [0.4, 0.5) is 0 Å². The fourth-order valence-corrected chi connectivity index (χ4v) is 4.37. The van der Waals surface area contributed by atoms with Gasteiger partial charge in [-0.25, -0.2) is 4.79 Å². The number of rotatable bonds is 2. The van der Waals surface area contributed by atoms with E-state index in [1.165, 1.54) is 4.90 Å². The predicted octanol–water partition coefficient (Wildman–Crippen LogP) is 1.59. The van der Waals surface area contributed by atoms with Crippen molar-refractivity contribution in [2.75, 3.05) is 12.3 Å². The molecular formula is C16H20N2O4S. The summed E-state index contributed by atoms with van der Waals surface area (Å²) in [6, 6.07) is 0. The summed E-state index contributed by atoms with van der Waals surface area (Å²) in [5.41, 5.74) is 0.974. The average Bonchev–Trinajstić information content (AvgIpc) is 2.79. The van der Waals surface area contributed by atoms with Gasteiger partial charge in [-0.05, 0) is 38.8 Å². The molecule has 1 unspecified atom stereocenters. The minimum absolute atomic E-state index is 0.0412. The van der Waals surface area contributed by atoms with E-state index in [1.54, 1.807) is 22.7 Å². The van der Waals surface area contributed by atoms with Crippen LogP contribution in [0, 0.1) is 0 Å². The molecule has 1 N–H and O–H groups in total. The molecule has 2 saturated heterocycles. The number of amides is 2. The molecule has 23 heavy (non-hydrogen) atoms. The lowest BCUT2D eigenvalue weighted by molar-refractivity contribution is -0.146. The summed E-state index contributed by atoms with van der Waals surface area (Å²) in [6.07, 6.45) is 2.68. The lowest BCUT2D eigenvalue weighted by atomic mass is 10.0. The molecule has 3 aliphatic rings. The van der Waals surface area contributed by atoms with Crippen molar-refractivity contribution in [1.29, 1.82) is 0 Å². The second-order valence-corrected chi connectivity index (χ2v) is 8.13. The quantitative estimate of drug-likeness (QED) is 0.612. The zero-order chi connectivity index (χ0) is 16.9.